The zero-order valence-corrected chi connectivity index (χ0v) is 20.4. The van der Waals surface area contributed by atoms with Gasteiger partial charge in [0.05, 0.1) is 0 Å². The van der Waals surface area contributed by atoms with Gasteiger partial charge < -0.3 is 21.3 Å². The molecule has 2 unspecified atom stereocenters. The third-order valence-electron chi connectivity index (χ3n) is 3.24. The largest absolute Gasteiger partial charge is 0.678 e. The topological polar surface area (TPSA) is 56.4 Å². The van der Waals surface area contributed by atoms with Crippen molar-refractivity contribution < 1.29 is 16.8 Å². The Kier molecular flexibility index (Phi) is 20.8. The molecule has 4 nitrogen and oxygen atoms in total. The van der Waals surface area contributed by atoms with Crippen molar-refractivity contribution in [1.29, 1.82) is 0 Å². The van der Waals surface area contributed by atoms with Gasteiger partial charge in [0.25, 0.3) is 0 Å². The van der Waals surface area contributed by atoms with Gasteiger partial charge in [-0.1, -0.05) is 94.4 Å². The minimum Gasteiger partial charge on any atom is -0.678 e. The minimum atomic E-state index is 0. The molecular formula is C21H46CoN4-4. The van der Waals surface area contributed by atoms with Gasteiger partial charge in [0, 0.05) is 16.8 Å². The Labute approximate surface area is 176 Å². The predicted molar refractivity (Wildman–Crippen MR) is 116 cm³/mol. The molecule has 0 aliphatic carbocycles. The van der Waals surface area contributed by atoms with Gasteiger partial charge >= 0.3 is 0 Å². The summed E-state index contributed by atoms with van der Waals surface area (Å²) >= 11 is 0. The fraction of sp³-hybridized carbons (Fsp3) is 1.00. The molecule has 26 heavy (non-hydrogen) atoms. The Morgan fingerprint density at radius 1 is 0.654 bits per heavy atom. The van der Waals surface area contributed by atoms with Gasteiger partial charge in [0.2, 0.25) is 0 Å². The van der Waals surface area contributed by atoms with E-state index in [1.165, 1.54) is 0 Å². The Balaban J connectivity index is -0.000000422. The van der Waals surface area contributed by atoms with E-state index >= 15 is 0 Å². The van der Waals surface area contributed by atoms with Crippen LogP contribution in [0.15, 0.2) is 0 Å². The van der Waals surface area contributed by atoms with Gasteiger partial charge in [-0.25, -0.2) is 0 Å². The van der Waals surface area contributed by atoms with Gasteiger partial charge in [-0.15, -0.1) is 36.8 Å². The molecule has 0 fully saturated rings. The number of hydrogen-bond donors (Lipinski definition) is 0. The van der Waals surface area contributed by atoms with Crippen LogP contribution in [0.2, 0.25) is 0 Å². The summed E-state index contributed by atoms with van der Waals surface area (Å²) in [6, 6.07) is 1.32. The van der Waals surface area contributed by atoms with E-state index in [0.717, 1.165) is 19.5 Å². The summed E-state index contributed by atoms with van der Waals surface area (Å²) in [5.41, 5.74) is 0.0678. The fourth-order valence-corrected chi connectivity index (χ4v) is 1.84. The smallest absolute Gasteiger partial charge is 0 e. The van der Waals surface area contributed by atoms with Crippen LogP contribution in [0.5, 0.6) is 0 Å². The van der Waals surface area contributed by atoms with Crippen molar-refractivity contribution in [3.63, 3.8) is 0 Å². The van der Waals surface area contributed by atoms with Crippen LogP contribution >= 0.6 is 0 Å². The molecule has 0 rings (SSSR count). The monoisotopic (exact) mass is 413 g/mol. The molecule has 5 heteroatoms. The molecule has 0 saturated heterocycles. The summed E-state index contributed by atoms with van der Waals surface area (Å²) in [7, 11) is 0. The normalized spacial score (nSPS) is 14.1. The molecule has 0 spiro atoms. The Morgan fingerprint density at radius 3 is 1.31 bits per heavy atom. The maximum Gasteiger partial charge on any atom is 0 e. The van der Waals surface area contributed by atoms with Crippen LogP contribution in [-0.2, 0) is 16.8 Å². The molecule has 0 aliphatic rings. The van der Waals surface area contributed by atoms with Gasteiger partial charge in [0.15, 0.2) is 0 Å². The second-order valence-electron chi connectivity index (χ2n) is 9.20. The zero-order chi connectivity index (χ0) is 20.0. The third kappa shape index (κ3) is 29.1. The maximum atomic E-state index is 4.63. The van der Waals surface area contributed by atoms with Crippen LogP contribution in [0.25, 0.3) is 21.3 Å². The van der Waals surface area contributed by atoms with E-state index in [4.69, 9.17) is 0 Å². The van der Waals surface area contributed by atoms with Crippen LogP contribution in [0.4, 0.5) is 0 Å². The Hall–Kier alpha value is 0.346. The van der Waals surface area contributed by atoms with Gasteiger partial charge in [0.1, 0.15) is 0 Å². The molecule has 0 bridgehead atoms. The third-order valence-corrected chi connectivity index (χ3v) is 3.24. The first-order valence-electron chi connectivity index (χ1n) is 10.0. The fourth-order valence-electron chi connectivity index (χ4n) is 1.84. The van der Waals surface area contributed by atoms with Crippen molar-refractivity contribution >= 4 is 0 Å². The van der Waals surface area contributed by atoms with E-state index in [1.807, 2.05) is 0 Å². The van der Waals surface area contributed by atoms with Crippen LogP contribution < -0.4 is 0 Å². The van der Waals surface area contributed by atoms with Gasteiger partial charge in [-0.05, 0) is 0 Å². The second-order valence-corrected chi connectivity index (χ2v) is 9.20. The first-order valence-corrected chi connectivity index (χ1v) is 10.0. The van der Waals surface area contributed by atoms with Crippen molar-refractivity contribution in [2.45, 2.75) is 106 Å². The quantitative estimate of drug-likeness (QED) is 0.347. The molecule has 0 saturated carbocycles. The standard InChI is InChI=1S/C13H28N2.C8H18N2.Co/c1-10(2)8-14-12(5)7-13(6)15-9-11(3)4;1-7(2)9-6-10-8(3,4)5;/h10-13H,7-9H2,1-6H3;7H,6H2,1-5H3;/q2*-2;. The Bertz CT molecular complexity index is 272. The minimum absolute atomic E-state index is 0. The molecule has 0 aliphatic heterocycles. The number of hydrogen-bond acceptors (Lipinski definition) is 0. The number of nitrogens with zero attached hydrogens (tertiary/aromatic N) is 4. The first kappa shape index (κ1) is 31.1. The van der Waals surface area contributed by atoms with Crippen molar-refractivity contribution in [3.05, 3.63) is 21.3 Å². The predicted octanol–water partition coefficient (Wildman–Crippen LogP) is 7.11. The van der Waals surface area contributed by atoms with E-state index in [-0.39, 0.29) is 22.3 Å². The summed E-state index contributed by atoms with van der Waals surface area (Å²) in [4.78, 5) is 0. The van der Waals surface area contributed by atoms with Crippen molar-refractivity contribution in [2.75, 3.05) is 19.8 Å². The van der Waals surface area contributed by atoms with E-state index in [1.54, 1.807) is 0 Å². The van der Waals surface area contributed by atoms with Crippen LogP contribution in [0.3, 0.4) is 0 Å². The molecule has 0 aromatic rings. The van der Waals surface area contributed by atoms with E-state index in [0.29, 0.717) is 36.6 Å². The summed E-state index contributed by atoms with van der Waals surface area (Å²) in [6.07, 6.45) is 1.10. The Morgan fingerprint density at radius 2 is 1.04 bits per heavy atom. The zero-order valence-electron chi connectivity index (χ0n) is 19.3. The molecule has 0 N–H and O–H groups in total. The molecule has 0 heterocycles. The average molecular weight is 414 g/mol. The SMILES string of the molecule is CC(C)C[N-]C(C)CC(C)[N-]CC(C)C.CC(C)[N-]C[N-]C(C)(C)C.[Co]. The van der Waals surface area contributed by atoms with Crippen LogP contribution in [0.1, 0.15) is 82.6 Å². The van der Waals surface area contributed by atoms with Crippen LogP contribution in [-0.4, -0.2) is 43.4 Å². The maximum absolute atomic E-state index is 4.63. The van der Waals surface area contributed by atoms with E-state index in [9.17, 15) is 0 Å². The molecule has 2 atom stereocenters. The molecular weight excluding hydrogens is 367 g/mol. The summed E-state index contributed by atoms with van der Waals surface area (Å²) in [5.74, 6) is 1.35. The summed E-state index contributed by atoms with van der Waals surface area (Å²) in [5, 5.41) is 17.8. The van der Waals surface area contributed by atoms with E-state index in [2.05, 4.69) is 97.4 Å². The van der Waals surface area contributed by atoms with Gasteiger partial charge in [-0.3, -0.25) is 6.67 Å². The molecule has 1 radical (unpaired) electrons. The van der Waals surface area contributed by atoms with Crippen LogP contribution in [0, 0.1) is 11.8 Å². The van der Waals surface area contributed by atoms with E-state index < -0.39 is 0 Å². The summed E-state index contributed by atoms with van der Waals surface area (Å²) < 4.78 is 0. The van der Waals surface area contributed by atoms with Crippen molar-refractivity contribution in [3.8, 4) is 0 Å². The van der Waals surface area contributed by atoms with Crippen molar-refractivity contribution in [1.82, 2.24) is 0 Å². The second kappa shape index (κ2) is 17.4. The molecule has 163 valence electrons. The molecule has 0 amide bonds. The van der Waals surface area contributed by atoms with Crippen molar-refractivity contribution in [2.24, 2.45) is 11.8 Å². The molecule has 0 aromatic heterocycles. The first-order chi connectivity index (χ1) is 11.3. The average Bonchev–Trinajstić information content (AvgIpc) is 2.41. The molecule has 0 aromatic carbocycles. The van der Waals surface area contributed by atoms with Gasteiger partial charge in [-0.2, -0.15) is 0 Å². The number of rotatable bonds is 11. The summed E-state index contributed by atoms with van der Waals surface area (Å²) in [6.45, 7) is 26.2.